The van der Waals surface area contributed by atoms with Gasteiger partial charge < -0.3 is 11.1 Å². The van der Waals surface area contributed by atoms with E-state index in [4.69, 9.17) is 5.73 Å². The number of amides is 3. The molecule has 7 heteroatoms. The zero-order chi connectivity index (χ0) is 10.3. The number of nitrogens with two attached hydrogens (primary N) is 1. The fourth-order valence-electron chi connectivity index (χ4n) is 1.68. The molecule has 0 saturated heterocycles. The van der Waals surface area contributed by atoms with Crippen LogP contribution in [0.1, 0.15) is 12.8 Å². The predicted octanol–water partition coefficient (Wildman–Crippen LogP) is -0.930. The van der Waals surface area contributed by atoms with Gasteiger partial charge in [-0.2, -0.15) is 0 Å². The molecule has 2 rings (SSSR count). The maximum atomic E-state index is 11.4. The number of carbonyl (C=O) groups is 2. The molecule has 1 aliphatic carbocycles. The Kier molecular flexibility index (Phi) is 2.03. The molecule has 0 saturated carbocycles. The number of nitrogens with one attached hydrogen (secondary N) is 2. The molecule has 0 fully saturated rings. The standard InChI is InChI=1S/C7H9N3O3S/c8-6(11)3-1-2-4-5(3)9-7(12)10-14(4)13/h3H,1-2H2,(H2,8,11)(H2,9,10,12). The fraction of sp³-hybridized carbons (Fsp3) is 0.429. The Morgan fingerprint density at radius 2 is 2.29 bits per heavy atom. The number of hydrogen-bond acceptors (Lipinski definition) is 3. The minimum Gasteiger partial charge on any atom is -0.369 e. The molecule has 2 aliphatic rings. The van der Waals surface area contributed by atoms with E-state index in [1.807, 2.05) is 0 Å². The van der Waals surface area contributed by atoms with Gasteiger partial charge in [-0.15, -0.1) is 0 Å². The van der Waals surface area contributed by atoms with Gasteiger partial charge in [0.15, 0.2) is 11.0 Å². The van der Waals surface area contributed by atoms with Gasteiger partial charge in [-0.1, -0.05) is 0 Å². The first-order chi connectivity index (χ1) is 6.59. The molecule has 4 N–H and O–H groups in total. The minimum atomic E-state index is -1.50. The summed E-state index contributed by atoms with van der Waals surface area (Å²) < 4.78 is 13.6. The Balaban J connectivity index is 2.37. The minimum absolute atomic E-state index is 0.430. The van der Waals surface area contributed by atoms with Crippen LogP contribution in [-0.2, 0) is 15.8 Å². The summed E-state index contributed by atoms with van der Waals surface area (Å²) >= 11 is 0. The van der Waals surface area contributed by atoms with Crippen molar-refractivity contribution in [1.82, 2.24) is 10.0 Å². The van der Waals surface area contributed by atoms with Crippen LogP contribution < -0.4 is 15.8 Å². The molecule has 76 valence electrons. The monoisotopic (exact) mass is 215 g/mol. The van der Waals surface area contributed by atoms with Gasteiger partial charge in [0.25, 0.3) is 0 Å². The third-order valence-electron chi connectivity index (χ3n) is 2.31. The maximum absolute atomic E-state index is 11.4. The number of primary amides is 1. The van der Waals surface area contributed by atoms with Gasteiger partial charge in [-0.05, 0) is 12.8 Å². The highest BCUT2D eigenvalue weighted by atomic mass is 32.2. The molecule has 2 unspecified atom stereocenters. The van der Waals surface area contributed by atoms with Crippen molar-refractivity contribution in [2.24, 2.45) is 11.7 Å². The third-order valence-corrected chi connectivity index (χ3v) is 3.55. The van der Waals surface area contributed by atoms with Crippen molar-refractivity contribution in [2.75, 3.05) is 0 Å². The number of rotatable bonds is 1. The van der Waals surface area contributed by atoms with E-state index in [0.717, 1.165) is 0 Å². The van der Waals surface area contributed by atoms with Crippen LogP contribution in [0.3, 0.4) is 0 Å². The second-order valence-electron chi connectivity index (χ2n) is 3.16. The molecule has 0 aromatic rings. The summed E-state index contributed by atoms with van der Waals surface area (Å²) in [6.07, 6.45) is 1.05. The molecular weight excluding hydrogens is 206 g/mol. The second kappa shape index (κ2) is 3.09. The number of urea groups is 1. The molecule has 2 atom stereocenters. The van der Waals surface area contributed by atoms with Gasteiger partial charge in [-0.3, -0.25) is 9.52 Å². The van der Waals surface area contributed by atoms with Gasteiger partial charge in [0.1, 0.15) is 0 Å². The molecule has 3 amide bonds. The zero-order valence-corrected chi connectivity index (χ0v) is 8.02. The lowest BCUT2D eigenvalue weighted by molar-refractivity contribution is -0.120. The van der Waals surface area contributed by atoms with E-state index in [-0.39, 0.29) is 0 Å². The van der Waals surface area contributed by atoms with Crippen molar-refractivity contribution >= 4 is 22.9 Å². The SMILES string of the molecule is NC(=O)C1CCC2=C1NC(=O)NS2=O. The van der Waals surface area contributed by atoms with Crippen LogP contribution in [0.15, 0.2) is 10.6 Å². The molecule has 6 nitrogen and oxygen atoms in total. The molecule has 1 aliphatic heterocycles. The van der Waals surface area contributed by atoms with Gasteiger partial charge >= 0.3 is 6.03 Å². The summed E-state index contributed by atoms with van der Waals surface area (Å²) in [4.78, 5) is 22.5. The van der Waals surface area contributed by atoms with Gasteiger partial charge in [-0.25, -0.2) is 9.00 Å². The number of carbonyl (C=O) groups excluding carboxylic acids is 2. The third kappa shape index (κ3) is 1.29. The second-order valence-corrected chi connectivity index (χ2v) is 4.39. The molecule has 0 radical (unpaired) electrons. The van der Waals surface area contributed by atoms with E-state index < -0.39 is 28.8 Å². The summed E-state index contributed by atoms with van der Waals surface area (Å²) in [5.74, 6) is -0.991. The fourth-order valence-corrected chi connectivity index (χ4v) is 2.72. The molecule has 1 heterocycles. The largest absolute Gasteiger partial charge is 0.369 e. The molecular formula is C7H9N3O3S. The maximum Gasteiger partial charge on any atom is 0.331 e. The first-order valence-electron chi connectivity index (χ1n) is 4.11. The highest BCUT2D eigenvalue weighted by Gasteiger charge is 2.36. The highest BCUT2D eigenvalue weighted by Crippen LogP contribution is 2.32. The van der Waals surface area contributed by atoms with Crippen LogP contribution in [0.4, 0.5) is 4.79 Å². The zero-order valence-electron chi connectivity index (χ0n) is 7.20. The van der Waals surface area contributed by atoms with Crippen LogP contribution in [0.2, 0.25) is 0 Å². The first kappa shape index (κ1) is 9.20. The Morgan fingerprint density at radius 3 is 2.93 bits per heavy atom. The normalized spacial score (nSPS) is 30.7. The van der Waals surface area contributed by atoms with E-state index in [1.54, 1.807) is 0 Å². The van der Waals surface area contributed by atoms with Crippen LogP contribution in [-0.4, -0.2) is 16.1 Å². The van der Waals surface area contributed by atoms with Crippen molar-refractivity contribution in [3.05, 3.63) is 10.6 Å². The van der Waals surface area contributed by atoms with E-state index in [0.29, 0.717) is 23.4 Å². The molecule has 0 aromatic carbocycles. The predicted molar refractivity (Wildman–Crippen MR) is 48.8 cm³/mol. The van der Waals surface area contributed by atoms with Crippen molar-refractivity contribution in [3.8, 4) is 0 Å². The smallest absolute Gasteiger partial charge is 0.331 e. The summed E-state index contributed by atoms with van der Waals surface area (Å²) in [6, 6.07) is -0.546. The number of hydrogen-bond donors (Lipinski definition) is 3. The Labute approximate surface area is 82.5 Å². The lowest BCUT2D eigenvalue weighted by Gasteiger charge is -2.18. The van der Waals surface area contributed by atoms with E-state index in [2.05, 4.69) is 10.0 Å². The van der Waals surface area contributed by atoms with Crippen molar-refractivity contribution < 1.29 is 13.8 Å². The quantitative estimate of drug-likeness (QED) is 0.526. The lowest BCUT2D eigenvalue weighted by Crippen LogP contribution is -2.43. The summed E-state index contributed by atoms with van der Waals surface area (Å²) in [5, 5.41) is 2.48. The topological polar surface area (TPSA) is 101 Å². The van der Waals surface area contributed by atoms with Crippen LogP contribution >= 0.6 is 0 Å². The lowest BCUT2D eigenvalue weighted by atomic mass is 10.1. The molecule has 0 aromatic heterocycles. The summed E-state index contributed by atoms with van der Waals surface area (Å²) in [5.41, 5.74) is 5.58. The number of allylic oxidation sites excluding steroid dienone is 1. The van der Waals surface area contributed by atoms with Crippen molar-refractivity contribution in [2.45, 2.75) is 12.8 Å². The molecule has 0 bridgehead atoms. The summed E-state index contributed by atoms with van der Waals surface area (Å²) in [6.45, 7) is 0. The van der Waals surface area contributed by atoms with Crippen LogP contribution in [0, 0.1) is 5.92 Å². The van der Waals surface area contributed by atoms with Crippen molar-refractivity contribution in [1.29, 1.82) is 0 Å². The van der Waals surface area contributed by atoms with Gasteiger partial charge in [0.05, 0.1) is 10.8 Å². The molecule has 14 heavy (non-hydrogen) atoms. The van der Waals surface area contributed by atoms with E-state index in [9.17, 15) is 13.8 Å². The average Bonchev–Trinajstić information content (AvgIpc) is 2.47. The van der Waals surface area contributed by atoms with Crippen LogP contribution in [0.5, 0.6) is 0 Å². The summed E-state index contributed by atoms with van der Waals surface area (Å²) in [7, 11) is -1.50. The van der Waals surface area contributed by atoms with Crippen molar-refractivity contribution in [3.63, 3.8) is 0 Å². The Bertz CT molecular complexity index is 376. The average molecular weight is 215 g/mol. The Hall–Kier alpha value is -1.37. The van der Waals surface area contributed by atoms with E-state index >= 15 is 0 Å². The van der Waals surface area contributed by atoms with Gasteiger partial charge in [0, 0.05) is 5.70 Å². The first-order valence-corrected chi connectivity index (χ1v) is 5.26. The molecule has 0 spiro atoms. The highest BCUT2D eigenvalue weighted by molar-refractivity contribution is 7.87. The van der Waals surface area contributed by atoms with E-state index in [1.165, 1.54) is 0 Å². The Morgan fingerprint density at radius 1 is 1.57 bits per heavy atom. The van der Waals surface area contributed by atoms with Gasteiger partial charge in [0.2, 0.25) is 5.91 Å². The van der Waals surface area contributed by atoms with Crippen LogP contribution in [0.25, 0.3) is 0 Å².